The van der Waals surface area contributed by atoms with Gasteiger partial charge in [0.15, 0.2) is 0 Å². The molecule has 26 heavy (non-hydrogen) atoms. The van der Waals surface area contributed by atoms with Crippen LogP contribution in [0.5, 0.6) is 0 Å². The summed E-state index contributed by atoms with van der Waals surface area (Å²) in [7, 11) is 3.26. The molecule has 140 valence electrons. The molecule has 0 heterocycles. The van der Waals surface area contributed by atoms with E-state index in [0.29, 0.717) is 54.1 Å². The molecule has 0 spiro atoms. The molecule has 0 fully saturated rings. The lowest BCUT2D eigenvalue weighted by molar-refractivity contribution is -0.385. The second kappa shape index (κ2) is 8.64. The van der Waals surface area contributed by atoms with Crippen LogP contribution < -0.4 is 11.5 Å². The minimum absolute atomic E-state index is 0.0578. The van der Waals surface area contributed by atoms with E-state index in [1.165, 1.54) is 6.07 Å². The molecular formula is C19H25N3O4. The van der Waals surface area contributed by atoms with Crippen molar-refractivity contribution in [2.75, 3.05) is 38.9 Å². The molecule has 0 aliphatic rings. The van der Waals surface area contributed by atoms with Gasteiger partial charge in [0.25, 0.3) is 5.69 Å². The molecule has 7 heteroatoms. The molecule has 2 aromatic rings. The highest BCUT2D eigenvalue weighted by atomic mass is 16.6. The molecule has 2 rings (SSSR count). The fourth-order valence-electron chi connectivity index (χ4n) is 3.02. The Morgan fingerprint density at radius 2 is 1.65 bits per heavy atom. The summed E-state index contributed by atoms with van der Waals surface area (Å²) in [6.07, 6.45) is 1.24. The molecule has 0 radical (unpaired) electrons. The van der Waals surface area contributed by atoms with Crippen molar-refractivity contribution in [1.29, 1.82) is 0 Å². The van der Waals surface area contributed by atoms with E-state index in [1.54, 1.807) is 33.3 Å². The van der Waals surface area contributed by atoms with Crippen molar-refractivity contribution in [3.05, 3.63) is 51.1 Å². The van der Waals surface area contributed by atoms with E-state index in [0.717, 1.165) is 11.1 Å². The normalized spacial score (nSPS) is 10.9. The summed E-state index contributed by atoms with van der Waals surface area (Å²) < 4.78 is 10.4. The third-order valence-corrected chi connectivity index (χ3v) is 4.46. The zero-order chi connectivity index (χ0) is 19.3. The Balaban J connectivity index is 2.61. The topological polar surface area (TPSA) is 114 Å². The first-order valence-corrected chi connectivity index (χ1v) is 8.33. The summed E-state index contributed by atoms with van der Waals surface area (Å²) in [6.45, 7) is 2.73. The standard InChI is InChI=1S/C19H25N3O4/c1-12-4-5-13(10-18(12)22(23)24)16-11-17(20)14(6-8-25-2)15(19(16)21)7-9-26-3/h4-5,10-11H,6-9,20-21H2,1-3H3. The van der Waals surface area contributed by atoms with Gasteiger partial charge in [-0.2, -0.15) is 0 Å². The molecule has 0 atom stereocenters. The maximum absolute atomic E-state index is 11.3. The van der Waals surface area contributed by atoms with Gasteiger partial charge in [-0.3, -0.25) is 10.1 Å². The summed E-state index contributed by atoms with van der Waals surface area (Å²) in [5.41, 5.74) is 17.8. The first-order chi connectivity index (χ1) is 12.4. The lowest BCUT2D eigenvalue weighted by Gasteiger charge is -2.19. The third-order valence-electron chi connectivity index (χ3n) is 4.46. The Morgan fingerprint density at radius 1 is 1.04 bits per heavy atom. The number of rotatable bonds is 8. The average molecular weight is 359 g/mol. The molecule has 0 aliphatic heterocycles. The number of anilines is 2. The lowest BCUT2D eigenvalue weighted by Crippen LogP contribution is -2.10. The predicted molar refractivity (Wildman–Crippen MR) is 103 cm³/mol. The van der Waals surface area contributed by atoms with Crippen molar-refractivity contribution in [2.24, 2.45) is 0 Å². The maximum atomic E-state index is 11.3. The number of nitrogens with zero attached hydrogens (tertiary/aromatic N) is 1. The highest BCUT2D eigenvalue weighted by Gasteiger charge is 2.18. The predicted octanol–water partition coefficient (Wildman–Crippen LogP) is 3.11. The molecule has 0 bridgehead atoms. The number of hydrogen-bond acceptors (Lipinski definition) is 6. The van der Waals surface area contributed by atoms with E-state index < -0.39 is 4.92 Å². The molecule has 0 aliphatic carbocycles. The molecule has 0 aromatic heterocycles. The number of methoxy groups -OCH3 is 2. The first-order valence-electron chi connectivity index (χ1n) is 8.33. The lowest BCUT2D eigenvalue weighted by atomic mass is 9.91. The zero-order valence-electron chi connectivity index (χ0n) is 15.4. The molecule has 0 saturated carbocycles. The second-order valence-corrected chi connectivity index (χ2v) is 6.13. The van der Waals surface area contributed by atoms with E-state index in [1.807, 2.05) is 6.07 Å². The third kappa shape index (κ3) is 4.12. The van der Waals surface area contributed by atoms with Crippen LogP contribution in [0.15, 0.2) is 24.3 Å². The number of nitrogen functional groups attached to an aromatic ring is 2. The number of benzene rings is 2. The molecule has 7 nitrogen and oxygen atoms in total. The van der Waals surface area contributed by atoms with E-state index in [4.69, 9.17) is 20.9 Å². The van der Waals surface area contributed by atoms with Crippen LogP contribution >= 0.6 is 0 Å². The number of aryl methyl sites for hydroxylation is 1. The van der Waals surface area contributed by atoms with Crippen LogP contribution in [0.3, 0.4) is 0 Å². The van der Waals surface area contributed by atoms with Gasteiger partial charge in [-0.15, -0.1) is 0 Å². The minimum atomic E-state index is -0.392. The SMILES string of the molecule is COCCc1c(N)cc(-c2ccc(C)c([N+](=O)[O-])c2)c(N)c1CCOC. The van der Waals surface area contributed by atoms with E-state index >= 15 is 0 Å². The van der Waals surface area contributed by atoms with Gasteiger partial charge in [0.1, 0.15) is 0 Å². The fourth-order valence-corrected chi connectivity index (χ4v) is 3.02. The Hall–Kier alpha value is -2.64. The van der Waals surface area contributed by atoms with Crippen LogP contribution in [-0.4, -0.2) is 32.4 Å². The van der Waals surface area contributed by atoms with Crippen molar-refractivity contribution in [3.8, 4) is 11.1 Å². The molecule has 0 unspecified atom stereocenters. The highest BCUT2D eigenvalue weighted by Crippen LogP contribution is 2.37. The first kappa shape index (κ1) is 19.7. The van der Waals surface area contributed by atoms with Crippen LogP contribution in [0.25, 0.3) is 11.1 Å². The molecular weight excluding hydrogens is 334 g/mol. The Bertz CT molecular complexity index is 806. The van der Waals surface area contributed by atoms with E-state index in [9.17, 15) is 10.1 Å². The van der Waals surface area contributed by atoms with Crippen LogP contribution in [0.4, 0.5) is 17.1 Å². The highest BCUT2D eigenvalue weighted by molar-refractivity contribution is 5.84. The van der Waals surface area contributed by atoms with Gasteiger partial charge in [0, 0.05) is 42.8 Å². The van der Waals surface area contributed by atoms with E-state index in [-0.39, 0.29) is 5.69 Å². The second-order valence-electron chi connectivity index (χ2n) is 6.13. The summed E-state index contributed by atoms with van der Waals surface area (Å²) in [6, 6.07) is 6.86. The summed E-state index contributed by atoms with van der Waals surface area (Å²) in [4.78, 5) is 10.9. The number of nitro groups is 1. The maximum Gasteiger partial charge on any atom is 0.272 e. The van der Waals surface area contributed by atoms with Crippen molar-refractivity contribution < 1.29 is 14.4 Å². The number of ether oxygens (including phenoxy) is 2. The molecule has 4 N–H and O–H groups in total. The Morgan fingerprint density at radius 3 is 2.23 bits per heavy atom. The summed E-state index contributed by atoms with van der Waals surface area (Å²) in [5.74, 6) is 0. The van der Waals surface area contributed by atoms with Gasteiger partial charge in [-0.05, 0) is 42.5 Å². The number of nitrogens with two attached hydrogens (primary N) is 2. The summed E-state index contributed by atoms with van der Waals surface area (Å²) >= 11 is 0. The smallest absolute Gasteiger partial charge is 0.272 e. The summed E-state index contributed by atoms with van der Waals surface area (Å²) in [5, 5.41) is 11.3. The van der Waals surface area contributed by atoms with Gasteiger partial charge in [-0.1, -0.05) is 12.1 Å². The largest absolute Gasteiger partial charge is 0.398 e. The van der Waals surface area contributed by atoms with Crippen molar-refractivity contribution in [2.45, 2.75) is 19.8 Å². The van der Waals surface area contributed by atoms with Crippen molar-refractivity contribution >= 4 is 17.1 Å². The van der Waals surface area contributed by atoms with Gasteiger partial charge in [-0.25, -0.2) is 0 Å². The van der Waals surface area contributed by atoms with Crippen LogP contribution in [0.2, 0.25) is 0 Å². The van der Waals surface area contributed by atoms with Crippen molar-refractivity contribution in [1.82, 2.24) is 0 Å². The Kier molecular flexibility index (Phi) is 6.54. The monoisotopic (exact) mass is 359 g/mol. The Labute approximate surface area is 153 Å². The van der Waals surface area contributed by atoms with Gasteiger partial charge in [0.05, 0.1) is 18.1 Å². The molecule has 0 amide bonds. The van der Waals surface area contributed by atoms with Gasteiger partial charge >= 0.3 is 0 Å². The van der Waals surface area contributed by atoms with Crippen LogP contribution in [-0.2, 0) is 22.3 Å². The zero-order valence-corrected chi connectivity index (χ0v) is 15.4. The minimum Gasteiger partial charge on any atom is -0.398 e. The van der Waals surface area contributed by atoms with Crippen molar-refractivity contribution in [3.63, 3.8) is 0 Å². The van der Waals surface area contributed by atoms with Crippen LogP contribution in [0, 0.1) is 17.0 Å². The number of nitro benzene ring substituents is 1. The average Bonchev–Trinajstić information content (AvgIpc) is 2.61. The molecule has 2 aromatic carbocycles. The molecule has 0 saturated heterocycles. The quantitative estimate of drug-likeness (QED) is 0.425. The van der Waals surface area contributed by atoms with Gasteiger partial charge in [0.2, 0.25) is 0 Å². The van der Waals surface area contributed by atoms with E-state index in [2.05, 4.69) is 0 Å². The fraction of sp³-hybridized carbons (Fsp3) is 0.368. The number of hydrogen-bond donors (Lipinski definition) is 2. The van der Waals surface area contributed by atoms with Crippen LogP contribution in [0.1, 0.15) is 16.7 Å². The van der Waals surface area contributed by atoms with Gasteiger partial charge < -0.3 is 20.9 Å².